The van der Waals surface area contributed by atoms with Crippen molar-refractivity contribution < 1.29 is 4.84 Å². The number of nitrogens with zero attached hydrogens (tertiary/aromatic N) is 2. The van der Waals surface area contributed by atoms with Gasteiger partial charge in [-0.15, -0.1) is 0 Å². The van der Waals surface area contributed by atoms with Gasteiger partial charge in [0.25, 0.3) is 0 Å². The van der Waals surface area contributed by atoms with Gasteiger partial charge in [-0.25, -0.2) is 0 Å². The highest BCUT2D eigenvalue weighted by molar-refractivity contribution is 6.29. The Hall–Kier alpha value is -1.12. The zero-order valence-electron chi connectivity index (χ0n) is 5.66. The highest BCUT2D eigenvalue weighted by atomic mass is 16.6. The third-order valence-electron chi connectivity index (χ3n) is 0.587. The molecule has 0 aliphatic rings. The third kappa shape index (κ3) is 4.74. The van der Waals surface area contributed by atoms with Crippen LogP contribution in [-0.4, -0.2) is 19.0 Å². The van der Waals surface area contributed by atoms with Crippen LogP contribution in [0.3, 0.4) is 0 Å². The second-order valence-electron chi connectivity index (χ2n) is 1.39. The van der Waals surface area contributed by atoms with E-state index in [1.54, 1.807) is 20.2 Å². The predicted octanol–water partition coefficient (Wildman–Crippen LogP) is 1.22. The number of hydrogen-bond donors (Lipinski definition) is 0. The van der Waals surface area contributed by atoms with Crippen LogP contribution >= 0.6 is 0 Å². The Kier molecular flexibility index (Phi) is 4.40. The summed E-state index contributed by atoms with van der Waals surface area (Å²) in [5.74, 6) is 0. The lowest BCUT2D eigenvalue weighted by atomic mass is 10.5. The van der Waals surface area contributed by atoms with Gasteiger partial charge >= 0.3 is 0 Å². The number of hydrogen-bond acceptors (Lipinski definition) is 3. The van der Waals surface area contributed by atoms with Crippen LogP contribution in [0.25, 0.3) is 0 Å². The lowest BCUT2D eigenvalue weighted by Crippen LogP contribution is -1.91. The minimum Gasteiger partial charge on any atom is -0.365 e. The molecular formula is C6H10N2O. The highest BCUT2D eigenvalue weighted by Crippen LogP contribution is 1.77. The van der Waals surface area contributed by atoms with E-state index in [1.807, 2.05) is 0 Å². The van der Waals surface area contributed by atoms with Crippen molar-refractivity contribution in [3.05, 3.63) is 12.8 Å². The van der Waals surface area contributed by atoms with Crippen molar-refractivity contribution in [3.8, 4) is 0 Å². The molecule has 0 N–H and O–H groups in total. The predicted molar refractivity (Wildman–Crippen MR) is 38.8 cm³/mol. The van der Waals surface area contributed by atoms with Gasteiger partial charge in [0.05, 0.1) is 5.71 Å². The molecule has 50 valence electrons. The molecule has 3 heteroatoms. The van der Waals surface area contributed by atoms with Crippen LogP contribution in [0, 0.1) is 0 Å². The lowest BCUT2D eigenvalue weighted by Gasteiger charge is -1.87. The minimum absolute atomic E-state index is 0.720. The number of oxime groups is 1. The van der Waals surface area contributed by atoms with Crippen LogP contribution in [0.4, 0.5) is 0 Å². The molecule has 9 heavy (non-hydrogen) atoms. The van der Waals surface area contributed by atoms with E-state index in [9.17, 15) is 0 Å². The molecule has 0 aliphatic heterocycles. The molecule has 0 heterocycles. The summed E-state index contributed by atoms with van der Waals surface area (Å²) < 4.78 is 0. The summed E-state index contributed by atoms with van der Waals surface area (Å²) in [6.07, 6.45) is 2.86. The van der Waals surface area contributed by atoms with Gasteiger partial charge in [-0.05, 0) is 6.92 Å². The van der Waals surface area contributed by atoms with Crippen molar-refractivity contribution in [2.24, 2.45) is 10.1 Å². The first kappa shape index (κ1) is 7.88. The van der Waals surface area contributed by atoms with Crippen molar-refractivity contribution >= 4 is 11.9 Å². The molecule has 0 aromatic carbocycles. The van der Waals surface area contributed by atoms with Crippen molar-refractivity contribution in [2.75, 3.05) is 7.05 Å². The van der Waals surface area contributed by atoms with E-state index in [-0.39, 0.29) is 0 Å². The van der Waals surface area contributed by atoms with E-state index in [0.717, 1.165) is 5.71 Å². The Morgan fingerprint density at radius 3 is 2.78 bits per heavy atom. The van der Waals surface area contributed by atoms with Crippen molar-refractivity contribution in [2.45, 2.75) is 6.92 Å². The Bertz CT molecular complexity index is 138. The largest absolute Gasteiger partial charge is 0.365 e. The summed E-state index contributed by atoms with van der Waals surface area (Å²) in [7, 11) is 1.67. The summed E-state index contributed by atoms with van der Waals surface area (Å²) in [6.45, 7) is 5.11. The highest BCUT2D eigenvalue weighted by Gasteiger charge is 1.79. The first-order valence-corrected chi connectivity index (χ1v) is 2.54. The van der Waals surface area contributed by atoms with Crippen molar-refractivity contribution in [1.82, 2.24) is 0 Å². The smallest absolute Gasteiger partial charge is 0.114 e. The standard InChI is InChI=1S/C6H10N2O/c1-4-9-8-6(2)5-7-3/h4-5H,1H2,2-3H3. The maximum Gasteiger partial charge on any atom is 0.114 e. The normalized spacial score (nSPS) is 12.0. The van der Waals surface area contributed by atoms with E-state index < -0.39 is 0 Å². The second kappa shape index (κ2) is 5.03. The average Bonchev–Trinajstić information content (AvgIpc) is 1.85. The summed E-state index contributed by atoms with van der Waals surface area (Å²) in [6, 6.07) is 0. The topological polar surface area (TPSA) is 34.0 Å². The molecule has 0 aromatic heterocycles. The number of rotatable bonds is 3. The summed E-state index contributed by atoms with van der Waals surface area (Å²) in [5, 5.41) is 3.58. The second-order valence-corrected chi connectivity index (χ2v) is 1.39. The molecule has 0 atom stereocenters. The van der Waals surface area contributed by atoms with E-state index in [4.69, 9.17) is 0 Å². The fourth-order valence-electron chi connectivity index (χ4n) is 0.331. The maximum absolute atomic E-state index is 4.51. The zero-order valence-corrected chi connectivity index (χ0v) is 5.66. The summed E-state index contributed by atoms with van der Waals surface area (Å²) >= 11 is 0. The van der Waals surface area contributed by atoms with Gasteiger partial charge in [0.2, 0.25) is 0 Å². The number of aliphatic imine (C=N–C) groups is 1. The van der Waals surface area contributed by atoms with Gasteiger partial charge in [0.1, 0.15) is 6.26 Å². The van der Waals surface area contributed by atoms with Crippen LogP contribution in [0.5, 0.6) is 0 Å². The fourth-order valence-corrected chi connectivity index (χ4v) is 0.331. The molecule has 3 nitrogen and oxygen atoms in total. The third-order valence-corrected chi connectivity index (χ3v) is 0.587. The fraction of sp³-hybridized carbons (Fsp3) is 0.333. The molecule has 0 bridgehead atoms. The first-order valence-electron chi connectivity index (χ1n) is 2.54. The Morgan fingerprint density at radius 1 is 1.67 bits per heavy atom. The van der Waals surface area contributed by atoms with Crippen LogP contribution in [-0.2, 0) is 4.84 Å². The van der Waals surface area contributed by atoms with Crippen molar-refractivity contribution in [3.63, 3.8) is 0 Å². The Morgan fingerprint density at radius 2 is 2.33 bits per heavy atom. The molecule has 0 amide bonds. The van der Waals surface area contributed by atoms with Gasteiger partial charge in [-0.1, -0.05) is 11.7 Å². The van der Waals surface area contributed by atoms with E-state index in [0.29, 0.717) is 0 Å². The quantitative estimate of drug-likeness (QED) is 0.318. The molecular weight excluding hydrogens is 116 g/mol. The SMILES string of the molecule is C=CON=C(C)C=NC. The van der Waals surface area contributed by atoms with Gasteiger partial charge in [0.15, 0.2) is 0 Å². The minimum atomic E-state index is 0.720. The molecule has 0 radical (unpaired) electrons. The molecule has 0 fully saturated rings. The Balaban J connectivity index is 3.68. The molecule has 0 rings (SSSR count). The van der Waals surface area contributed by atoms with E-state index >= 15 is 0 Å². The molecule has 0 saturated carbocycles. The summed E-state index contributed by atoms with van der Waals surface area (Å²) in [4.78, 5) is 8.23. The van der Waals surface area contributed by atoms with Crippen LogP contribution < -0.4 is 0 Å². The lowest BCUT2D eigenvalue weighted by molar-refractivity contribution is 0.270. The monoisotopic (exact) mass is 126 g/mol. The van der Waals surface area contributed by atoms with Crippen molar-refractivity contribution in [1.29, 1.82) is 0 Å². The molecule has 0 spiro atoms. The van der Waals surface area contributed by atoms with Crippen LogP contribution in [0.15, 0.2) is 23.0 Å². The molecule has 0 unspecified atom stereocenters. The van der Waals surface area contributed by atoms with Gasteiger partial charge < -0.3 is 4.84 Å². The first-order chi connectivity index (χ1) is 4.31. The molecule has 0 saturated heterocycles. The van der Waals surface area contributed by atoms with Crippen LogP contribution in [0.2, 0.25) is 0 Å². The zero-order chi connectivity index (χ0) is 7.11. The molecule has 0 aliphatic carbocycles. The van der Waals surface area contributed by atoms with E-state index in [2.05, 4.69) is 21.6 Å². The Labute approximate surface area is 54.7 Å². The molecule has 0 aromatic rings. The average molecular weight is 126 g/mol. The van der Waals surface area contributed by atoms with E-state index in [1.165, 1.54) is 6.26 Å². The van der Waals surface area contributed by atoms with Gasteiger partial charge in [0, 0.05) is 13.3 Å². The summed E-state index contributed by atoms with van der Waals surface area (Å²) in [5.41, 5.74) is 0.720. The van der Waals surface area contributed by atoms with Gasteiger partial charge in [-0.2, -0.15) is 0 Å². The van der Waals surface area contributed by atoms with Crippen LogP contribution in [0.1, 0.15) is 6.92 Å². The van der Waals surface area contributed by atoms with Gasteiger partial charge in [-0.3, -0.25) is 4.99 Å². The maximum atomic E-state index is 4.51.